The lowest BCUT2D eigenvalue weighted by molar-refractivity contribution is -0.137. The van der Waals surface area contributed by atoms with Crippen molar-refractivity contribution in [2.24, 2.45) is 0 Å². The number of nitrogens with one attached hydrogen (secondary N) is 2. The molecule has 1 fully saturated rings. The third kappa shape index (κ3) is 4.72. The molecule has 1 aliphatic heterocycles. The van der Waals surface area contributed by atoms with Gasteiger partial charge in [0.05, 0.1) is 36.3 Å². The van der Waals surface area contributed by atoms with E-state index >= 15 is 0 Å². The Bertz CT molecular complexity index is 1110. The molecule has 0 radical (unpaired) electrons. The lowest BCUT2D eigenvalue weighted by Gasteiger charge is -2.22. The van der Waals surface area contributed by atoms with Crippen molar-refractivity contribution >= 4 is 17.6 Å². The molecule has 0 amide bonds. The van der Waals surface area contributed by atoms with Crippen molar-refractivity contribution < 1.29 is 22.7 Å². The number of esters is 1. The number of halogens is 3. The minimum atomic E-state index is -4.67. The summed E-state index contributed by atoms with van der Waals surface area (Å²) in [6.45, 7) is 1.81. The van der Waals surface area contributed by atoms with Crippen molar-refractivity contribution in [3.63, 3.8) is 0 Å². The van der Waals surface area contributed by atoms with Crippen molar-refractivity contribution in [3.05, 3.63) is 54.0 Å². The van der Waals surface area contributed by atoms with E-state index in [0.717, 1.165) is 32.1 Å². The number of benzene rings is 1. The number of anilines is 2. The van der Waals surface area contributed by atoms with Crippen molar-refractivity contribution in [2.45, 2.75) is 25.1 Å². The van der Waals surface area contributed by atoms with Gasteiger partial charge in [-0.1, -0.05) is 12.1 Å². The highest BCUT2D eigenvalue weighted by Gasteiger charge is 2.35. The molecule has 1 aromatic carbocycles. The van der Waals surface area contributed by atoms with E-state index in [-0.39, 0.29) is 28.8 Å². The summed E-state index contributed by atoms with van der Waals surface area (Å²) in [7, 11) is 1.20. The van der Waals surface area contributed by atoms with Gasteiger partial charge in [0.1, 0.15) is 5.56 Å². The van der Waals surface area contributed by atoms with Crippen LogP contribution >= 0.6 is 0 Å². The Hall–Kier alpha value is -3.47. The summed E-state index contributed by atoms with van der Waals surface area (Å²) in [6.07, 6.45) is 1.31. The smallest absolute Gasteiger partial charge is 0.419 e. The highest BCUT2D eigenvalue weighted by molar-refractivity contribution is 5.91. The number of alkyl halides is 3. The van der Waals surface area contributed by atoms with Crippen LogP contribution in [0.5, 0.6) is 0 Å². The first-order chi connectivity index (χ1) is 15.3. The molecule has 0 bridgehead atoms. The quantitative estimate of drug-likeness (QED) is 0.576. The van der Waals surface area contributed by atoms with Crippen molar-refractivity contribution in [1.82, 2.24) is 25.1 Å². The van der Waals surface area contributed by atoms with Gasteiger partial charge < -0.3 is 15.4 Å². The van der Waals surface area contributed by atoms with Gasteiger partial charge in [-0.3, -0.25) is 4.68 Å². The molecule has 0 unspecified atom stereocenters. The zero-order valence-corrected chi connectivity index (χ0v) is 17.2. The van der Waals surface area contributed by atoms with E-state index in [2.05, 4.69) is 30.4 Å². The molecule has 0 aliphatic carbocycles. The van der Waals surface area contributed by atoms with Crippen LogP contribution in [0, 0.1) is 0 Å². The predicted molar refractivity (Wildman–Crippen MR) is 110 cm³/mol. The minimum Gasteiger partial charge on any atom is -0.465 e. The van der Waals surface area contributed by atoms with Crippen LogP contribution < -0.4 is 10.6 Å². The summed E-state index contributed by atoms with van der Waals surface area (Å²) >= 11 is 0. The molecule has 168 valence electrons. The third-order valence-electron chi connectivity index (χ3n) is 5.19. The van der Waals surface area contributed by atoms with E-state index in [1.807, 2.05) is 4.68 Å². The molecule has 0 spiro atoms. The maximum atomic E-state index is 13.6. The van der Waals surface area contributed by atoms with Gasteiger partial charge in [0.2, 0.25) is 5.95 Å². The molecule has 2 aromatic heterocycles. The Morgan fingerprint density at radius 2 is 2.03 bits per heavy atom. The number of nitrogens with zero attached hydrogens (tertiary/aromatic N) is 4. The average Bonchev–Trinajstić information content (AvgIpc) is 3.27. The lowest BCUT2D eigenvalue weighted by Crippen LogP contribution is -2.29. The fourth-order valence-corrected chi connectivity index (χ4v) is 3.58. The first-order valence-electron chi connectivity index (χ1n) is 10.00. The molecule has 11 heteroatoms. The fourth-order valence-electron chi connectivity index (χ4n) is 3.58. The molecule has 32 heavy (non-hydrogen) atoms. The monoisotopic (exact) mass is 446 g/mol. The maximum absolute atomic E-state index is 13.6. The van der Waals surface area contributed by atoms with Crippen molar-refractivity contribution in [2.75, 3.05) is 25.5 Å². The highest BCUT2D eigenvalue weighted by Crippen LogP contribution is 2.36. The number of rotatable bonds is 5. The van der Waals surface area contributed by atoms with Crippen molar-refractivity contribution in [3.8, 4) is 11.3 Å². The standard InChI is InChI=1S/C21H21F3N6O2/c1-32-19(31)14-4-2-3-13(9-14)18-17(21(22,23)24)11-26-20(29-18)28-15-10-27-30(12-15)16-5-7-25-8-6-16/h2-4,9-12,16,25H,5-8H2,1H3,(H,26,28,29). The van der Waals surface area contributed by atoms with E-state index in [9.17, 15) is 18.0 Å². The Labute approximate surface area is 181 Å². The van der Waals surface area contributed by atoms with Gasteiger partial charge in [0.25, 0.3) is 0 Å². The molecular weight excluding hydrogens is 425 g/mol. The number of piperidine rings is 1. The number of aromatic nitrogens is 4. The number of methoxy groups -OCH3 is 1. The second-order valence-electron chi connectivity index (χ2n) is 7.34. The maximum Gasteiger partial charge on any atom is 0.419 e. The SMILES string of the molecule is COC(=O)c1cccc(-c2nc(Nc3cnn(C4CCNCC4)c3)ncc2C(F)(F)F)c1. The predicted octanol–water partition coefficient (Wildman–Crippen LogP) is 3.81. The van der Waals surface area contributed by atoms with Crippen LogP contribution in [-0.2, 0) is 10.9 Å². The number of carbonyl (C=O) groups excluding carboxylic acids is 1. The summed E-state index contributed by atoms with van der Waals surface area (Å²) in [5.41, 5.74) is -0.537. The van der Waals surface area contributed by atoms with Crippen LogP contribution in [0.2, 0.25) is 0 Å². The first kappa shape index (κ1) is 21.8. The van der Waals surface area contributed by atoms with Crippen LogP contribution in [0.25, 0.3) is 11.3 Å². The summed E-state index contributed by atoms with van der Waals surface area (Å²) < 4.78 is 47.4. The summed E-state index contributed by atoms with van der Waals surface area (Å²) in [4.78, 5) is 19.8. The van der Waals surface area contributed by atoms with Gasteiger partial charge in [-0.15, -0.1) is 0 Å². The number of ether oxygens (including phenoxy) is 1. The molecule has 0 saturated carbocycles. The highest BCUT2D eigenvalue weighted by atomic mass is 19.4. The minimum absolute atomic E-state index is 0.0127. The number of carbonyl (C=O) groups is 1. The zero-order chi connectivity index (χ0) is 22.7. The van der Waals surface area contributed by atoms with Crippen LogP contribution in [0.4, 0.5) is 24.8 Å². The van der Waals surface area contributed by atoms with Crippen LogP contribution in [-0.4, -0.2) is 45.9 Å². The molecule has 3 heterocycles. The molecule has 3 aromatic rings. The average molecular weight is 446 g/mol. The normalized spacial score (nSPS) is 14.9. The molecule has 4 rings (SSSR count). The Morgan fingerprint density at radius 3 is 2.75 bits per heavy atom. The summed E-state index contributed by atoms with van der Waals surface area (Å²) in [5.74, 6) is -0.667. The van der Waals surface area contributed by atoms with Crippen LogP contribution in [0.15, 0.2) is 42.9 Å². The van der Waals surface area contributed by atoms with Gasteiger partial charge in [-0.25, -0.2) is 14.8 Å². The van der Waals surface area contributed by atoms with Crippen molar-refractivity contribution in [1.29, 1.82) is 0 Å². The first-order valence-corrected chi connectivity index (χ1v) is 10.00. The third-order valence-corrected chi connectivity index (χ3v) is 5.19. The Kier molecular flexibility index (Phi) is 6.08. The van der Waals surface area contributed by atoms with Gasteiger partial charge in [0, 0.05) is 18.0 Å². The second kappa shape index (κ2) is 8.95. The van der Waals surface area contributed by atoms with Gasteiger partial charge in [-0.05, 0) is 38.1 Å². The molecular formula is C21H21F3N6O2. The van der Waals surface area contributed by atoms with Gasteiger partial charge in [0.15, 0.2) is 0 Å². The van der Waals surface area contributed by atoms with E-state index in [4.69, 9.17) is 0 Å². The Balaban J connectivity index is 1.65. The van der Waals surface area contributed by atoms with Gasteiger partial charge >= 0.3 is 12.1 Å². The second-order valence-corrected chi connectivity index (χ2v) is 7.34. The Morgan fingerprint density at radius 1 is 1.25 bits per heavy atom. The van der Waals surface area contributed by atoms with E-state index in [1.54, 1.807) is 12.4 Å². The number of hydrogen-bond acceptors (Lipinski definition) is 7. The summed E-state index contributed by atoms with van der Waals surface area (Å²) in [5, 5.41) is 10.6. The van der Waals surface area contributed by atoms with Crippen LogP contribution in [0.3, 0.4) is 0 Å². The van der Waals surface area contributed by atoms with Crippen LogP contribution in [0.1, 0.15) is 34.8 Å². The van der Waals surface area contributed by atoms with Gasteiger partial charge in [-0.2, -0.15) is 18.3 Å². The molecule has 2 N–H and O–H groups in total. The number of hydrogen-bond donors (Lipinski definition) is 2. The molecule has 8 nitrogen and oxygen atoms in total. The van der Waals surface area contributed by atoms with E-state index in [0.29, 0.717) is 5.69 Å². The fraction of sp³-hybridized carbons (Fsp3) is 0.333. The molecule has 1 aliphatic rings. The topological polar surface area (TPSA) is 94.0 Å². The summed E-state index contributed by atoms with van der Waals surface area (Å²) in [6, 6.07) is 5.94. The largest absolute Gasteiger partial charge is 0.465 e. The molecule has 0 atom stereocenters. The zero-order valence-electron chi connectivity index (χ0n) is 17.2. The molecule has 1 saturated heterocycles. The lowest BCUT2D eigenvalue weighted by atomic mass is 10.0. The van der Waals surface area contributed by atoms with E-state index < -0.39 is 17.7 Å². The van der Waals surface area contributed by atoms with E-state index in [1.165, 1.54) is 31.4 Å².